The zero-order chi connectivity index (χ0) is 20.5. The third-order valence-corrected chi connectivity index (χ3v) is 7.04. The normalized spacial score (nSPS) is 12.7. The fourth-order valence-electron chi connectivity index (χ4n) is 2.91. The third kappa shape index (κ3) is 4.18. The predicted molar refractivity (Wildman–Crippen MR) is 114 cm³/mol. The van der Waals surface area contributed by atoms with Gasteiger partial charge >= 0.3 is 0 Å². The van der Waals surface area contributed by atoms with Crippen molar-refractivity contribution in [1.29, 1.82) is 0 Å². The number of para-hydroxylation sites is 2. The van der Waals surface area contributed by atoms with Crippen LogP contribution in [0.5, 0.6) is 0 Å². The zero-order valence-corrected chi connectivity index (χ0v) is 17.9. The summed E-state index contributed by atoms with van der Waals surface area (Å²) in [5.74, 6) is -0.291. The molecule has 3 rings (SSSR count). The topological polar surface area (TPSA) is 70.6 Å². The van der Waals surface area contributed by atoms with Crippen molar-refractivity contribution in [3.8, 4) is 0 Å². The van der Waals surface area contributed by atoms with E-state index in [4.69, 9.17) is 0 Å². The summed E-state index contributed by atoms with van der Waals surface area (Å²) in [5, 5.41) is 0.818. The molecule has 0 bridgehead atoms. The number of fused-ring (bicyclic) bond motifs is 1. The Balaban J connectivity index is 1.84. The lowest BCUT2D eigenvalue weighted by Gasteiger charge is -2.28. The van der Waals surface area contributed by atoms with Crippen LogP contribution in [-0.2, 0) is 14.8 Å². The second kappa shape index (κ2) is 7.89. The molecule has 0 saturated heterocycles. The van der Waals surface area contributed by atoms with E-state index in [0.717, 1.165) is 31.3 Å². The number of nitrogens with zero attached hydrogens (tertiary/aromatic N) is 3. The van der Waals surface area contributed by atoms with Crippen molar-refractivity contribution in [2.75, 3.05) is 24.2 Å². The van der Waals surface area contributed by atoms with Crippen molar-refractivity contribution >= 4 is 43.2 Å². The fourth-order valence-corrected chi connectivity index (χ4v) is 4.88. The van der Waals surface area contributed by atoms with Gasteiger partial charge in [-0.2, -0.15) is 0 Å². The van der Waals surface area contributed by atoms with E-state index in [1.54, 1.807) is 24.1 Å². The van der Waals surface area contributed by atoms with E-state index in [0.29, 0.717) is 5.69 Å². The lowest BCUT2D eigenvalue weighted by molar-refractivity contribution is -0.130. The molecule has 0 N–H and O–H groups in total. The molecule has 0 radical (unpaired) electrons. The minimum absolute atomic E-state index is 0.255. The van der Waals surface area contributed by atoms with Crippen LogP contribution in [0.4, 0.5) is 5.69 Å². The first-order valence-corrected chi connectivity index (χ1v) is 11.5. The van der Waals surface area contributed by atoms with E-state index in [2.05, 4.69) is 4.98 Å². The van der Waals surface area contributed by atoms with Crippen LogP contribution in [0.3, 0.4) is 0 Å². The van der Waals surface area contributed by atoms with Gasteiger partial charge in [0.1, 0.15) is 11.6 Å². The highest BCUT2D eigenvalue weighted by molar-refractivity contribution is 7.92. The third-order valence-electron chi connectivity index (χ3n) is 4.71. The summed E-state index contributed by atoms with van der Waals surface area (Å²) in [7, 11) is -1.93. The van der Waals surface area contributed by atoms with Crippen LogP contribution in [0.1, 0.15) is 23.5 Å². The zero-order valence-electron chi connectivity index (χ0n) is 16.3. The average molecular weight is 418 g/mol. The van der Waals surface area contributed by atoms with Gasteiger partial charge in [-0.25, -0.2) is 13.4 Å². The van der Waals surface area contributed by atoms with Crippen LogP contribution in [0.15, 0.2) is 48.5 Å². The Kier molecular flexibility index (Phi) is 5.71. The van der Waals surface area contributed by atoms with Crippen LogP contribution in [0, 0.1) is 6.92 Å². The first kappa shape index (κ1) is 20.3. The molecular weight excluding hydrogens is 394 g/mol. The minimum Gasteiger partial charge on any atom is -0.335 e. The highest BCUT2D eigenvalue weighted by Crippen LogP contribution is 2.29. The van der Waals surface area contributed by atoms with Crippen molar-refractivity contribution in [1.82, 2.24) is 9.88 Å². The number of aromatic nitrogens is 1. The van der Waals surface area contributed by atoms with Gasteiger partial charge in [-0.3, -0.25) is 9.10 Å². The standard InChI is InChI=1S/C20H23N3O3S2/c1-14-9-5-7-11-17(14)23(28(4,25)26)13-19(24)22(3)15(2)20-21-16-10-6-8-12-18(16)27-20/h5-12,15H,13H2,1-4H3/t15-/m0/s1. The van der Waals surface area contributed by atoms with Crippen LogP contribution in [-0.4, -0.2) is 44.1 Å². The Hall–Kier alpha value is -2.45. The van der Waals surface area contributed by atoms with Gasteiger partial charge in [0.15, 0.2) is 0 Å². The number of carbonyl (C=O) groups is 1. The van der Waals surface area contributed by atoms with Gasteiger partial charge in [-0.1, -0.05) is 30.3 Å². The van der Waals surface area contributed by atoms with E-state index in [9.17, 15) is 13.2 Å². The lowest BCUT2D eigenvalue weighted by Crippen LogP contribution is -2.42. The molecule has 0 aliphatic rings. The molecule has 0 unspecified atom stereocenters. The Labute approximate surface area is 169 Å². The Morgan fingerprint density at radius 2 is 1.79 bits per heavy atom. The van der Waals surface area contributed by atoms with Gasteiger partial charge in [0.05, 0.1) is 28.2 Å². The van der Waals surface area contributed by atoms with Gasteiger partial charge in [0, 0.05) is 7.05 Å². The fraction of sp³-hybridized carbons (Fsp3) is 0.300. The maximum absolute atomic E-state index is 12.9. The highest BCUT2D eigenvalue weighted by Gasteiger charge is 2.27. The summed E-state index contributed by atoms with van der Waals surface area (Å²) in [5.41, 5.74) is 2.20. The predicted octanol–water partition coefficient (Wildman–Crippen LogP) is 3.59. The van der Waals surface area contributed by atoms with E-state index in [1.165, 1.54) is 11.3 Å². The molecule has 28 heavy (non-hydrogen) atoms. The van der Waals surface area contributed by atoms with Gasteiger partial charge in [-0.15, -0.1) is 11.3 Å². The molecule has 1 aromatic heterocycles. The number of benzene rings is 2. The molecule has 1 amide bonds. The van der Waals surface area contributed by atoms with Crippen molar-refractivity contribution in [2.24, 2.45) is 0 Å². The van der Waals surface area contributed by atoms with Gasteiger partial charge < -0.3 is 4.90 Å². The van der Waals surface area contributed by atoms with Crippen molar-refractivity contribution in [2.45, 2.75) is 19.9 Å². The molecule has 3 aromatic rings. The smallest absolute Gasteiger partial charge is 0.243 e. The quantitative estimate of drug-likeness (QED) is 0.615. The summed E-state index contributed by atoms with van der Waals surface area (Å²) in [6.07, 6.45) is 1.11. The molecule has 1 heterocycles. The molecular formula is C20H23N3O3S2. The SMILES string of the molecule is Cc1ccccc1N(CC(=O)N(C)[C@@H](C)c1nc2ccccc2s1)S(C)(=O)=O. The Morgan fingerprint density at radius 3 is 2.43 bits per heavy atom. The summed E-state index contributed by atoms with van der Waals surface area (Å²) in [6.45, 7) is 3.47. The van der Waals surface area contributed by atoms with Crippen molar-refractivity contribution in [3.63, 3.8) is 0 Å². The Bertz CT molecular complexity index is 1080. The van der Waals surface area contributed by atoms with Gasteiger partial charge in [0.2, 0.25) is 15.9 Å². The van der Waals surface area contributed by atoms with Crippen LogP contribution >= 0.6 is 11.3 Å². The monoisotopic (exact) mass is 417 g/mol. The van der Waals surface area contributed by atoms with Crippen LogP contribution < -0.4 is 4.31 Å². The molecule has 0 aliphatic heterocycles. The molecule has 6 nitrogen and oxygen atoms in total. The number of amides is 1. The van der Waals surface area contributed by atoms with E-state index < -0.39 is 10.0 Å². The summed E-state index contributed by atoms with van der Waals surface area (Å²) >= 11 is 1.54. The number of likely N-dealkylation sites (N-methyl/N-ethyl adjacent to an activating group) is 1. The molecule has 0 saturated carbocycles. The molecule has 0 aliphatic carbocycles. The largest absolute Gasteiger partial charge is 0.335 e. The number of hydrogen-bond donors (Lipinski definition) is 0. The maximum atomic E-state index is 12.9. The van der Waals surface area contributed by atoms with Crippen LogP contribution in [0.25, 0.3) is 10.2 Å². The second-order valence-corrected chi connectivity index (χ2v) is 9.73. The number of aryl methyl sites for hydroxylation is 1. The van der Waals surface area contributed by atoms with Gasteiger partial charge in [-0.05, 0) is 37.6 Å². The average Bonchev–Trinajstić information content (AvgIpc) is 3.08. The first-order valence-electron chi connectivity index (χ1n) is 8.83. The number of sulfonamides is 1. The van der Waals surface area contributed by atoms with Crippen LogP contribution in [0.2, 0.25) is 0 Å². The summed E-state index contributed by atoms with van der Waals surface area (Å²) in [4.78, 5) is 19.1. The maximum Gasteiger partial charge on any atom is 0.243 e. The number of carbonyl (C=O) groups excluding carboxylic acids is 1. The molecule has 2 aromatic carbocycles. The highest BCUT2D eigenvalue weighted by atomic mass is 32.2. The van der Waals surface area contributed by atoms with Gasteiger partial charge in [0.25, 0.3) is 0 Å². The first-order chi connectivity index (χ1) is 13.2. The van der Waals surface area contributed by atoms with E-state index >= 15 is 0 Å². The molecule has 1 atom stereocenters. The number of anilines is 1. The minimum atomic E-state index is -3.61. The molecule has 148 valence electrons. The van der Waals surface area contributed by atoms with E-state index in [-0.39, 0.29) is 18.5 Å². The summed E-state index contributed by atoms with van der Waals surface area (Å²) < 4.78 is 26.9. The second-order valence-electron chi connectivity index (χ2n) is 6.76. The Morgan fingerprint density at radius 1 is 1.14 bits per heavy atom. The number of hydrogen-bond acceptors (Lipinski definition) is 5. The number of rotatable bonds is 6. The molecule has 0 fully saturated rings. The van der Waals surface area contributed by atoms with E-state index in [1.807, 2.05) is 50.2 Å². The summed E-state index contributed by atoms with van der Waals surface area (Å²) in [6, 6.07) is 14.7. The van der Waals surface area contributed by atoms with Crippen molar-refractivity contribution in [3.05, 3.63) is 59.1 Å². The molecule has 8 heteroatoms. The number of thiazole rings is 1. The molecule has 0 spiro atoms. The lowest BCUT2D eigenvalue weighted by atomic mass is 10.2. The van der Waals surface area contributed by atoms with Crippen molar-refractivity contribution < 1.29 is 13.2 Å².